The van der Waals surface area contributed by atoms with Crippen LogP contribution in [0.2, 0.25) is 0 Å². The van der Waals surface area contributed by atoms with Crippen molar-refractivity contribution in [2.45, 2.75) is 38.1 Å². The smallest absolute Gasteiger partial charge is 0.224 e. The molecule has 4 heteroatoms. The lowest BCUT2D eigenvalue weighted by molar-refractivity contribution is -0.126. The van der Waals surface area contributed by atoms with E-state index in [1.54, 1.807) is 7.11 Å². The molecule has 1 atom stereocenters. The van der Waals surface area contributed by atoms with Crippen molar-refractivity contribution in [1.82, 2.24) is 5.32 Å². The third-order valence-electron chi connectivity index (χ3n) is 5.04. The minimum atomic E-state index is 0.0927. The van der Waals surface area contributed by atoms with Gasteiger partial charge in [0.1, 0.15) is 5.75 Å². The first-order valence-corrected chi connectivity index (χ1v) is 7.72. The van der Waals surface area contributed by atoms with Gasteiger partial charge in [-0.15, -0.1) is 0 Å². The van der Waals surface area contributed by atoms with Crippen LogP contribution in [0.25, 0.3) is 0 Å². The summed E-state index contributed by atoms with van der Waals surface area (Å²) in [5, 5.41) is 3.23. The summed E-state index contributed by atoms with van der Waals surface area (Å²) < 4.78 is 10.8. The van der Waals surface area contributed by atoms with Crippen LogP contribution in [0.1, 0.15) is 31.2 Å². The Morgan fingerprint density at radius 2 is 2.10 bits per heavy atom. The highest BCUT2D eigenvalue weighted by atomic mass is 16.5. The highest BCUT2D eigenvalue weighted by molar-refractivity contribution is 5.79. The van der Waals surface area contributed by atoms with Crippen molar-refractivity contribution >= 4 is 5.91 Å². The number of methoxy groups -OCH3 is 1. The van der Waals surface area contributed by atoms with E-state index in [0.717, 1.165) is 43.8 Å². The lowest BCUT2D eigenvalue weighted by atomic mass is 9.60. The van der Waals surface area contributed by atoms with Crippen LogP contribution in [0.3, 0.4) is 0 Å². The third-order valence-corrected chi connectivity index (χ3v) is 5.04. The average molecular weight is 289 g/mol. The van der Waals surface area contributed by atoms with Crippen LogP contribution in [-0.2, 0) is 16.0 Å². The van der Waals surface area contributed by atoms with Gasteiger partial charge < -0.3 is 14.8 Å². The number of ether oxygens (including phenoxy) is 2. The molecule has 1 spiro atoms. The maximum absolute atomic E-state index is 12.3. The van der Waals surface area contributed by atoms with Gasteiger partial charge in [-0.1, -0.05) is 18.2 Å². The zero-order valence-electron chi connectivity index (χ0n) is 12.6. The number of para-hydroxylation sites is 1. The van der Waals surface area contributed by atoms with E-state index < -0.39 is 0 Å². The summed E-state index contributed by atoms with van der Waals surface area (Å²) >= 11 is 0. The van der Waals surface area contributed by atoms with Gasteiger partial charge in [-0.3, -0.25) is 4.79 Å². The molecule has 2 aliphatic rings. The van der Waals surface area contributed by atoms with Crippen LogP contribution < -0.4 is 10.1 Å². The van der Waals surface area contributed by atoms with E-state index in [1.807, 2.05) is 24.3 Å². The quantitative estimate of drug-likeness (QED) is 0.925. The van der Waals surface area contributed by atoms with Crippen molar-refractivity contribution in [1.29, 1.82) is 0 Å². The Kier molecular flexibility index (Phi) is 4.15. The Hall–Kier alpha value is -1.55. The molecule has 0 radical (unpaired) electrons. The molecule has 0 bridgehead atoms. The number of nitrogens with one attached hydrogen (secondary N) is 1. The number of amides is 1. The zero-order valence-corrected chi connectivity index (χ0v) is 12.6. The summed E-state index contributed by atoms with van der Waals surface area (Å²) in [6.45, 7) is 1.66. The number of carbonyl (C=O) groups is 1. The Labute approximate surface area is 125 Å². The van der Waals surface area contributed by atoms with Gasteiger partial charge in [-0.05, 0) is 37.2 Å². The van der Waals surface area contributed by atoms with Crippen LogP contribution in [0.15, 0.2) is 24.3 Å². The molecule has 3 rings (SSSR count). The van der Waals surface area contributed by atoms with Crippen LogP contribution in [-0.4, -0.2) is 32.3 Å². The van der Waals surface area contributed by atoms with Gasteiger partial charge in [0.15, 0.2) is 0 Å². The van der Waals surface area contributed by atoms with Crippen molar-refractivity contribution in [3.8, 4) is 5.75 Å². The van der Waals surface area contributed by atoms with Gasteiger partial charge in [-0.25, -0.2) is 0 Å². The topological polar surface area (TPSA) is 47.6 Å². The molecule has 1 saturated heterocycles. The Balaban J connectivity index is 1.59. The number of benzene rings is 1. The predicted molar refractivity (Wildman–Crippen MR) is 80.3 cm³/mol. The molecule has 2 fully saturated rings. The SMILES string of the molecule is COc1ccccc1CC(=O)NC1CCC12CCOCC2. The molecule has 1 N–H and O–H groups in total. The first-order chi connectivity index (χ1) is 10.2. The fraction of sp³-hybridized carbons (Fsp3) is 0.588. The summed E-state index contributed by atoms with van der Waals surface area (Å²) in [4.78, 5) is 12.3. The molecular weight excluding hydrogens is 266 g/mol. The summed E-state index contributed by atoms with van der Waals surface area (Å²) in [5.41, 5.74) is 1.24. The van der Waals surface area contributed by atoms with Crippen LogP contribution in [0.4, 0.5) is 0 Å². The second-order valence-electron chi connectivity index (χ2n) is 6.12. The molecule has 21 heavy (non-hydrogen) atoms. The largest absolute Gasteiger partial charge is 0.496 e. The van der Waals surface area contributed by atoms with Crippen molar-refractivity contribution in [2.75, 3.05) is 20.3 Å². The molecule has 1 aliphatic heterocycles. The van der Waals surface area contributed by atoms with Gasteiger partial charge in [0, 0.05) is 24.8 Å². The van der Waals surface area contributed by atoms with Crippen LogP contribution in [0, 0.1) is 5.41 Å². The normalized spacial score (nSPS) is 23.4. The molecule has 1 aromatic carbocycles. The van der Waals surface area contributed by atoms with Crippen molar-refractivity contribution in [2.24, 2.45) is 5.41 Å². The maximum Gasteiger partial charge on any atom is 0.224 e. The van der Waals surface area contributed by atoms with Crippen molar-refractivity contribution in [3.05, 3.63) is 29.8 Å². The van der Waals surface area contributed by atoms with Gasteiger partial charge >= 0.3 is 0 Å². The fourth-order valence-electron chi connectivity index (χ4n) is 3.57. The Bertz CT molecular complexity index is 509. The van der Waals surface area contributed by atoms with Crippen molar-refractivity contribution in [3.63, 3.8) is 0 Å². The molecule has 1 aromatic rings. The van der Waals surface area contributed by atoms with E-state index in [-0.39, 0.29) is 5.91 Å². The molecule has 4 nitrogen and oxygen atoms in total. The lowest BCUT2D eigenvalue weighted by Crippen LogP contribution is -2.57. The highest BCUT2D eigenvalue weighted by Crippen LogP contribution is 2.48. The molecule has 114 valence electrons. The standard InChI is InChI=1S/C17H23NO3/c1-20-14-5-3-2-4-13(14)12-16(19)18-15-6-7-17(15)8-10-21-11-9-17/h2-5,15H,6-12H2,1H3,(H,18,19). The third kappa shape index (κ3) is 2.91. The summed E-state index contributed by atoms with van der Waals surface area (Å²) in [5.74, 6) is 0.872. The predicted octanol–water partition coefficient (Wildman–Crippen LogP) is 2.31. The van der Waals surface area contributed by atoms with Gasteiger partial charge in [0.05, 0.1) is 13.5 Å². The van der Waals surface area contributed by atoms with Crippen LogP contribution in [0.5, 0.6) is 5.75 Å². The summed E-state index contributed by atoms with van der Waals surface area (Å²) in [6, 6.07) is 8.02. The first-order valence-electron chi connectivity index (χ1n) is 7.72. The minimum Gasteiger partial charge on any atom is -0.496 e. The summed E-state index contributed by atoms with van der Waals surface area (Å²) in [7, 11) is 1.64. The second-order valence-corrected chi connectivity index (χ2v) is 6.12. The van der Waals surface area contributed by atoms with E-state index in [4.69, 9.17) is 9.47 Å². The fourth-order valence-corrected chi connectivity index (χ4v) is 3.57. The molecule has 1 unspecified atom stereocenters. The number of hydrogen-bond acceptors (Lipinski definition) is 3. The zero-order chi connectivity index (χ0) is 14.7. The average Bonchev–Trinajstić information content (AvgIpc) is 2.53. The molecule has 1 heterocycles. The molecule has 1 amide bonds. The Morgan fingerprint density at radius 1 is 1.33 bits per heavy atom. The van der Waals surface area contributed by atoms with E-state index in [1.165, 1.54) is 6.42 Å². The van der Waals surface area contributed by atoms with E-state index in [2.05, 4.69) is 5.32 Å². The van der Waals surface area contributed by atoms with E-state index in [9.17, 15) is 4.79 Å². The molecular formula is C17H23NO3. The lowest BCUT2D eigenvalue weighted by Gasteiger charge is -2.52. The minimum absolute atomic E-state index is 0.0927. The maximum atomic E-state index is 12.3. The summed E-state index contributed by atoms with van der Waals surface area (Å²) in [6.07, 6.45) is 4.85. The monoisotopic (exact) mass is 289 g/mol. The number of carbonyl (C=O) groups excluding carboxylic acids is 1. The van der Waals surface area contributed by atoms with E-state index >= 15 is 0 Å². The number of hydrogen-bond donors (Lipinski definition) is 1. The van der Waals surface area contributed by atoms with Gasteiger partial charge in [0.25, 0.3) is 0 Å². The number of rotatable bonds is 4. The van der Waals surface area contributed by atoms with Gasteiger partial charge in [0.2, 0.25) is 5.91 Å². The van der Waals surface area contributed by atoms with Crippen LogP contribution >= 0.6 is 0 Å². The van der Waals surface area contributed by atoms with Crippen molar-refractivity contribution < 1.29 is 14.3 Å². The first kappa shape index (κ1) is 14.4. The Morgan fingerprint density at radius 3 is 2.76 bits per heavy atom. The highest BCUT2D eigenvalue weighted by Gasteiger charge is 2.47. The second kappa shape index (κ2) is 6.06. The molecule has 1 saturated carbocycles. The van der Waals surface area contributed by atoms with Gasteiger partial charge in [-0.2, -0.15) is 0 Å². The van der Waals surface area contributed by atoms with E-state index in [0.29, 0.717) is 17.9 Å². The molecule has 0 aromatic heterocycles. The molecule has 1 aliphatic carbocycles.